The van der Waals surface area contributed by atoms with E-state index >= 15 is 0 Å². The van der Waals surface area contributed by atoms with Crippen LogP contribution in [0.15, 0.2) is 108 Å². The van der Waals surface area contributed by atoms with Crippen molar-refractivity contribution in [2.24, 2.45) is 0 Å². The molecule has 0 saturated carbocycles. The first-order valence-corrected chi connectivity index (χ1v) is 15.5. The van der Waals surface area contributed by atoms with Crippen molar-refractivity contribution in [2.75, 3.05) is 5.75 Å². The maximum Gasteiger partial charge on any atom is 0.303 e. The van der Waals surface area contributed by atoms with Gasteiger partial charge in [-0.2, -0.15) is 0 Å². The maximum absolute atomic E-state index is 12.3. The number of carbonyl (C=O) groups excluding carboxylic acids is 2. The number of hydrogen-bond acceptors (Lipinski definition) is 8. The molecule has 228 valence electrons. The summed E-state index contributed by atoms with van der Waals surface area (Å²) >= 11 is 1.65. The van der Waals surface area contributed by atoms with Crippen LogP contribution in [0.4, 0.5) is 0 Å². The molecule has 0 spiro atoms. The van der Waals surface area contributed by atoms with Gasteiger partial charge in [-0.25, -0.2) is 4.98 Å². The molecule has 5 atom stereocenters. The number of aromatic nitrogens is 1. The summed E-state index contributed by atoms with van der Waals surface area (Å²) in [5, 5.41) is 13.3. The molecular formula is C35H36N2O6S. The summed E-state index contributed by atoms with van der Waals surface area (Å²) in [4.78, 5) is 27.9. The summed E-state index contributed by atoms with van der Waals surface area (Å²) in [5.74, 6) is -0.305. The first kappa shape index (κ1) is 31.4. The summed E-state index contributed by atoms with van der Waals surface area (Å²) in [6.07, 6.45) is -0.249. The molecule has 1 saturated heterocycles. The molecule has 5 rings (SSSR count). The third-order valence-corrected chi connectivity index (χ3v) is 8.47. The first-order chi connectivity index (χ1) is 21.4. The number of nitrogens with one attached hydrogen (secondary N) is 1. The van der Waals surface area contributed by atoms with Crippen molar-refractivity contribution in [2.45, 2.75) is 62.5 Å². The van der Waals surface area contributed by atoms with Crippen molar-refractivity contribution in [3.8, 4) is 0 Å². The molecule has 0 bridgehead atoms. The topological polar surface area (TPSA) is 107 Å². The number of hydrogen-bond donors (Lipinski definition) is 2. The average molecular weight is 613 g/mol. The molecule has 44 heavy (non-hydrogen) atoms. The number of benzene rings is 3. The molecule has 0 radical (unpaired) electrons. The maximum atomic E-state index is 12.3. The van der Waals surface area contributed by atoms with Crippen molar-refractivity contribution >= 4 is 23.6 Å². The fourth-order valence-electron chi connectivity index (χ4n) is 5.18. The van der Waals surface area contributed by atoms with E-state index in [-0.39, 0.29) is 37.2 Å². The zero-order chi connectivity index (χ0) is 30.9. The SMILES string of the molecule is CC(=O)OC(C)C(=O)NCc1ccc(C2OC(CSc3ccccn3)C(c3ccccc3)C(c3ccc(CO)cc3)O2)cc1. The molecule has 2 heterocycles. The number of aliphatic hydroxyl groups is 1. The predicted molar refractivity (Wildman–Crippen MR) is 167 cm³/mol. The molecule has 3 aromatic carbocycles. The van der Waals surface area contributed by atoms with E-state index < -0.39 is 18.4 Å². The van der Waals surface area contributed by atoms with Crippen LogP contribution >= 0.6 is 11.8 Å². The van der Waals surface area contributed by atoms with Gasteiger partial charge in [-0.1, -0.05) is 84.9 Å². The molecule has 1 amide bonds. The molecule has 5 unspecified atom stereocenters. The summed E-state index contributed by atoms with van der Waals surface area (Å²) < 4.78 is 18.5. The van der Waals surface area contributed by atoms with Crippen LogP contribution in [0.3, 0.4) is 0 Å². The second-order valence-corrected chi connectivity index (χ2v) is 11.6. The van der Waals surface area contributed by atoms with Crippen molar-refractivity contribution < 1.29 is 28.9 Å². The smallest absolute Gasteiger partial charge is 0.303 e. The molecule has 0 aliphatic carbocycles. The monoisotopic (exact) mass is 612 g/mol. The number of aliphatic hydroxyl groups excluding tert-OH is 1. The van der Waals surface area contributed by atoms with Crippen LogP contribution in [0.2, 0.25) is 0 Å². The number of nitrogens with zero attached hydrogens (tertiary/aromatic N) is 1. The van der Waals surface area contributed by atoms with Gasteiger partial charge in [0.05, 0.1) is 23.8 Å². The van der Waals surface area contributed by atoms with E-state index in [1.54, 1.807) is 18.0 Å². The van der Waals surface area contributed by atoms with Crippen molar-refractivity contribution in [1.82, 2.24) is 10.3 Å². The third kappa shape index (κ3) is 8.12. The van der Waals surface area contributed by atoms with Gasteiger partial charge in [0.25, 0.3) is 5.91 Å². The van der Waals surface area contributed by atoms with Gasteiger partial charge in [-0.15, -0.1) is 11.8 Å². The molecule has 4 aromatic rings. The Kier molecular flexibility index (Phi) is 10.8. The molecule has 2 N–H and O–H groups in total. The summed E-state index contributed by atoms with van der Waals surface area (Å²) in [7, 11) is 0. The van der Waals surface area contributed by atoms with Crippen LogP contribution in [0.5, 0.6) is 0 Å². The highest BCUT2D eigenvalue weighted by atomic mass is 32.2. The van der Waals surface area contributed by atoms with E-state index in [9.17, 15) is 14.7 Å². The van der Waals surface area contributed by atoms with E-state index in [0.717, 1.165) is 32.8 Å². The Morgan fingerprint density at radius 2 is 1.57 bits per heavy atom. The largest absolute Gasteiger partial charge is 0.453 e. The normalized spacial score (nSPS) is 20.4. The Hall–Kier alpha value is -4.02. The van der Waals surface area contributed by atoms with Crippen molar-refractivity contribution in [3.05, 3.63) is 131 Å². The lowest BCUT2D eigenvalue weighted by Gasteiger charge is -2.43. The lowest BCUT2D eigenvalue weighted by molar-refractivity contribution is -0.255. The summed E-state index contributed by atoms with van der Waals surface area (Å²) in [6.45, 7) is 3.07. The number of carbonyl (C=O) groups is 2. The fraction of sp³-hybridized carbons (Fsp3) is 0.286. The van der Waals surface area contributed by atoms with E-state index in [1.807, 2.05) is 84.9 Å². The standard InChI is InChI=1S/C35H36N2O6S/c1-23(41-24(2)39)34(40)37-20-25-11-17-29(18-12-25)35-42-30(22-44-31-10-6-7-19-36-31)32(27-8-4-3-5-9-27)33(43-35)28-15-13-26(21-38)14-16-28/h3-19,23,30,32-33,35,38H,20-22H2,1-2H3,(H,37,40). The molecule has 1 aliphatic heterocycles. The third-order valence-electron chi connectivity index (χ3n) is 7.43. The first-order valence-electron chi connectivity index (χ1n) is 14.5. The van der Waals surface area contributed by atoms with Gasteiger partial charge in [0.15, 0.2) is 12.4 Å². The van der Waals surface area contributed by atoms with Gasteiger partial charge in [-0.3, -0.25) is 9.59 Å². The predicted octanol–water partition coefficient (Wildman–Crippen LogP) is 5.87. The fourth-order valence-corrected chi connectivity index (χ4v) is 6.11. The second-order valence-electron chi connectivity index (χ2n) is 10.6. The van der Waals surface area contributed by atoms with E-state index in [1.165, 1.54) is 13.8 Å². The zero-order valence-corrected chi connectivity index (χ0v) is 25.5. The second kappa shape index (κ2) is 15.1. The van der Waals surface area contributed by atoms with Gasteiger partial charge >= 0.3 is 5.97 Å². The number of ether oxygens (including phenoxy) is 3. The van der Waals surface area contributed by atoms with Gasteiger partial charge in [0.2, 0.25) is 0 Å². The number of thioether (sulfide) groups is 1. The molecular weight excluding hydrogens is 576 g/mol. The Morgan fingerprint density at radius 3 is 2.23 bits per heavy atom. The summed E-state index contributed by atoms with van der Waals surface area (Å²) in [5.41, 5.74) is 4.68. The molecule has 1 aromatic heterocycles. The van der Waals surface area contributed by atoms with Crippen LogP contribution in [0, 0.1) is 0 Å². The minimum Gasteiger partial charge on any atom is -0.453 e. The molecule has 1 fully saturated rings. The lowest BCUT2D eigenvalue weighted by Crippen LogP contribution is -2.38. The Bertz CT molecular complexity index is 1500. The van der Waals surface area contributed by atoms with E-state index in [4.69, 9.17) is 14.2 Å². The Morgan fingerprint density at radius 1 is 0.886 bits per heavy atom. The van der Waals surface area contributed by atoms with Crippen LogP contribution in [-0.2, 0) is 37.0 Å². The quantitative estimate of drug-likeness (QED) is 0.160. The number of rotatable bonds is 11. The number of pyridine rings is 1. The van der Waals surface area contributed by atoms with Gasteiger partial charge in [-0.05, 0) is 41.3 Å². The van der Waals surface area contributed by atoms with Crippen molar-refractivity contribution in [3.63, 3.8) is 0 Å². The van der Waals surface area contributed by atoms with Crippen molar-refractivity contribution in [1.29, 1.82) is 0 Å². The van der Waals surface area contributed by atoms with Gasteiger partial charge in [0.1, 0.15) is 0 Å². The van der Waals surface area contributed by atoms with E-state index in [0.29, 0.717) is 5.75 Å². The molecule has 1 aliphatic rings. The van der Waals surface area contributed by atoms with Crippen LogP contribution in [0.25, 0.3) is 0 Å². The summed E-state index contributed by atoms with van der Waals surface area (Å²) in [6, 6.07) is 31.8. The Labute approximate surface area is 261 Å². The number of esters is 1. The van der Waals surface area contributed by atoms with Gasteiger partial charge < -0.3 is 24.6 Å². The highest BCUT2D eigenvalue weighted by Gasteiger charge is 2.42. The highest BCUT2D eigenvalue weighted by Crippen LogP contribution is 2.47. The minimum absolute atomic E-state index is 0.0293. The van der Waals surface area contributed by atoms with Gasteiger partial charge in [0, 0.05) is 36.9 Å². The van der Waals surface area contributed by atoms with Crippen LogP contribution < -0.4 is 5.32 Å². The molecule has 8 nitrogen and oxygen atoms in total. The zero-order valence-electron chi connectivity index (χ0n) is 24.7. The Balaban J connectivity index is 1.40. The van der Waals surface area contributed by atoms with Crippen LogP contribution in [-0.4, -0.2) is 39.9 Å². The highest BCUT2D eigenvalue weighted by molar-refractivity contribution is 7.99. The lowest BCUT2D eigenvalue weighted by atomic mass is 9.84. The minimum atomic E-state index is -0.863. The average Bonchev–Trinajstić information content (AvgIpc) is 3.06. The van der Waals surface area contributed by atoms with E-state index in [2.05, 4.69) is 22.4 Å². The molecule has 9 heteroatoms. The number of amides is 1. The van der Waals surface area contributed by atoms with Crippen LogP contribution in [0.1, 0.15) is 60.0 Å².